The first-order valence-corrected chi connectivity index (χ1v) is 5.71. The molecule has 1 rings (SSSR count). The zero-order valence-electron chi connectivity index (χ0n) is 8.52. The van der Waals surface area contributed by atoms with Crippen molar-refractivity contribution in [1.29, 1.82) is 0 Å². The lowest BCUT2D eigenvalue weighted by molar-refractivity contribution is -0.174. The Morgan fingerprint density at radius 1 is 1.27 bits per heavy atom. The first-order valence-electron chi connectivity index (χ1n) is 5.27. The molecule has 0 amide bonds. The monoisotopic (exact) mass is 244 g/mol. The lowest BCUT2D eigenvalue weighted by atomic mass is 10.1. The van der Waals surface area contributed by atoms with Crippen LogP contribution in [0.1, 0.15) is 32.1 Å². The van der Waals surface area contributed by atoms with Crippen molar-refractivity contribution in [1.82, 2.24) is 0 Å². The third-order valence-corrected chi connectivity index (χ3v) is 2.99. The van der Waals surface area contributed by atoms with Crippen molar-refractivity contribution in [3.8, 4) is 0 Å². The predicted molar refractivity (Wildman–Crippen MR) is 53.1 cm³/mol. The molecule has 0 aromatic rings. The third kappa shape index (κ3) is 7.01. The van der Waals surface area contributed by atoms with Crippen molar-refractivity contribution in [2.75, 3.05) is 13.2 Å². The second-order valence-corrected chi connectivity index (χ2v) is 4.58. The minimum absolute atomic E-state index is 0.174. The molecule has 0 heterocycles. The fourth-order valence-corrected chi connectivity index (χ4v) is 1.83. The molecule has 1 saturated carbocycles. The molecule has 0 saturated heterocycles. The molecule has 1 nitrogen and oxygen atoms in total. The van der Waals surface area contributed by atoms with Crippen LogP contribution in [0.2, 0.25) is 0 Å². The molecule has 0 radical (unpaired) electrons. The van der Waals surface area contributed by atoms with E-state index in [0.717, 1.165) is 12.8 Å². The highest BCUT2D eigenvalue weighted by molar-refractivity contribution is 6.20. The van der Waals surface area contributed by atoms with E-state index in [9.17, 15) is 13.2 Å². The SMILES string of the molecule is FC(F)(F)COCCCCC(Cl)C1CC1. The molecule has 0 aromatic carbocycles. The van der Waals surface area contributed by atoms with Gasteiger partial charge in [0.15, 0.2) is 0 Å². The summed E-state index contributed by atoms with van der Waals surface area (Å²) < 4.78 is 39.5. The molecule has 1 aliphatic carbocycles. The number of hydrogen-bond acceptors (Lipinski definition) is 1. The summed E-state index contributed by atoms with van der Waals surface area (Å²) >= 11 is 6.04. The van der Waals surface area contributed by atoms with Gasteiger partial charge in [-0.3, -0.25) is 0 Å². The summed E-state index contributed by atoms with van der Waals surface area (Å²) in [4.78, 5) is 0. The summed E-state index contributed by atoms with van der Waals surface area (Å²) in [6.07, 6.45) is 0.608. The minimum Gasteiger partial charge on any atom is -0.372 e. The zero-order chi connectivity index (χ0) is 11.3. The second kappa shape index (κ2) is 5.94. The second-order valence-electron chi connectivity index (χ2n) is 4.02. The topological polar surface area (TPSA) is 9.23 Å². The average molecular weight is 245 g/mol. The van der Waals surface area contributed by atoms with Crippen molar-refractivity contribution in [2.24, 2.45) is 5.92 Å². The molecule has 1 fully saturated rings. The summed E-state index contributed by atoms with van der Waals surface area (Å²) in [5, 5.41) is 0.215. The Labute approximate surface area is 92.9 Å². The quantitative estimate of drug-likeness (QED) is 0.490. The van der Waals surface area contributed by atoms with E-state index in [4.69, 9.17) is 11.6 Å². The maximum Gasteiger partial charge on any atom is 0.411 e. The van der Waals surface area contributed by atoms with Crippen LogP contribution in [0.4, 0.5) is 13.2 Å². The summed E-state index contributed by atoms with van der Waals surface area (Å²) in [7, 11) is 0. The van der Waals surface area contributed by atoms with Gasteiger partial charge < -0.3 is 4.74 Å². The first-order chi connectivity index (χ1) is 6.99. The van der Waals surface area contributed by atoms with Crippen molar-refractivity contribution in [3.63, 3.8) is 0 Å². The molecule has 0 bridgehead atoms. The van der Waals surface area contributed by atoms with E-state index in [-0.39, 0.29) is 12.0 Å². The number of unbranched alkanes of at least 4 members (excludes halogenated alkanes) is 1. The number of ether oxygens (including phenoxy) is 1. The van der Waals surface area contributed by atoms with Crippen LogP contribution < -0.4 is 0 Å². The van der Waals surface area contributed by atoms with Crippen LogP contribution in [0.25, 0.3) is 0 Å². The van der Waals surface area contributed by atoms with Crippen molar-refractivity contribution in [3.05, 3.63) is 0 Å². The summed E-state index contributed by atoms with van der Waals surface area (Å²) in [5.74, 6) is 0.655. The van der Waals surface area contributed by atoms with Crippen molar-refractivity contribution < 1.29 is 17.9 Å². The number of alkyl halides is 4. The molecule has 0 aliphatic heterocycles. The highest BCUT2D eigenvalue weighted by atomic mass is 35.5. The lowest BCUT2D eigenvalue weighted by Crippen LogP contribution is -2.17. The number of rotatable bonds is 7. The smallest absolute Gasteiger partial charge is 0.372 e. The Kier molecular flexibility index (Phi) is 5.19. The Balaban J connectivity index is 1.84. The van der Waals surface area contributed by atoms with Gasteiger partial charge in [0, 0.05) is 12.0 Å². The third-order valence-electron chi connectivity index (χ3n) is 2.42. The van der Waals surface area contributed by atoms with Crippen LogP contribution in [0.15, 0.2) is 0 Å². The average Bonchev–Trinajstić information content (AvgIpc) is 2.91. The molecule has 1 aliphatic rings. The van der Waals surface area contributed by atoms with Gasteiger partial charge in [-0.05, 0) is 38.0 Å². The molecule has 1 atom stereocenters. The summed E-state index contributed by atoms with van der Waals surface area (Å²) in [5.41, 5.74) is 0. The van der Waals surface area contributed by atoms with E-state index in [2.05, 4.69) is 4.74 Å². The van der Waals surface area contributed by atoms with Crippen LogP contribution in [0.5, 0.6) is 0 Å². The van der Waals surface area contributed by atoms with Gasteiger partial charge in [-0.15, -0.1) is 11.6 Å². The van der Waals surface area contributed by atoms with Gasteiger partial charge in [0.05, 0.1) is 0 Å². The fraction of sp³-hybridized carbons (Fsp3) is 1.00. The molecular formula is C10H16ClF3O. The van der Waals surface area contributed by atoms with Gasteiger partial charge in [-0.25, -0.2) is 0 Å². The van der Waals surface area contributed by atoms with Crippen LogP contribution in [-0.2, 0) is 4.74 Å². The Morgan fingerprint density at radius 2 is 1.93 bits per heavy atom. The van der Waals surface area contributed by atoms with Crippen molar-refractivity contribution >= 4 is 11.6 Å². The molecule has 0 aromatic heterocycles. The Bertz CT molecular complexity index is 180. The van der Waals surface area contributed by atoms with Gasteiger partial charge in [0.2, 0.25) is 0 Å². The van der Waals surface area contributed by atoms with Gasteiger partial charge in [-0.2, -0.15) is 13.2 Å². The highest BCUT2D eigenvalue weighted by Gasteiger charge is 2.29. The fourth-order valence-electron chi connectivity index (χ4n) is 1.42. The molecule has 90 valence electrons. The Morgan fingerprint density at radius 3 is 2.47 bits per heavy atom. The molecule has 15 heavy (non-hydrogen) atoms. The van der Waals surface area contributed by atoms with E-state index < -0.39 is 12.8 Å². The maximum atomic E-state index is 11.7. The van der Waals surface area contributed by atoms with Crippen LogP contribution >= 0.6 is 11.6 Å². The first kappa shape index (κ1) is 13.1. The van der Waals surface area contributed by atoms with Gasteiger partial charge >= 0.3 is 6.18 Å². The normalized spacial score (nSPS) is 19.2. The molecule has 0 N–H and O–H groups in total. The molecule has 5 heteroatoms. The maximum absolute atomic E-state index is 11.7. The zero-order valence-corrected chi connectivity index (χ0v) is 9.28. The largest absolute Gasteiger partial charge is 0.411 e. The van der Waals surface area contributed by atoms with Crippen molar-refractivity contribution in [2.45, 2.75) is 43.7 Å². The van der Waals surface area contributed by atoms with Gasteiger partial charge in [0.25, 0.3) is 0 Å². The van der Waals surface area contributed by atoms with Crippen LogP contribution in [0, 0.1) is 5.92 Å². The highest BCUT2D eigenvalue weighted by Crippen LogP contribution is 2.37. The number of halogens is 4. The van der Waals surface area contributed by atoms with Gasteiger partial charge in [-0.1, -0.05) is 0 Å². The van der Waals surface area contributed by atoms with E-state index in [1.807, 2.05) is 0 Å². The predicted octanol–water partition coefficient (Wildman–Crippen LogP) is 3.75. The van der Waals surface area contributed by atoms with E-state index in [0.29, 0.717) is 12.3 Å². The minimum atomic E-state index is -4.21. The molecule has 1 unspecified atom stereocenters. The van der Waals surface area contributed by atoms with E-state index in [1.165, 1.54) is 12.8 Å². The molecular weight excluding hydrogens is 229 g/mol. The Hall–Kier alpha value is 0.0400. The standard InChI is InChI=1S/C10H16ClF3O/c11-9(8-4-5-8)3-1-2-6-15-7-10(12,13)14/h8-9H,1-7H2. The van der Waals surface area contributed by atoms with E-state index in [1.54, 1.807) is 0 Å². The van der Waals surface area contributed by atoms with Crippen LogP contribution in [-0.4, -0.2) is 24.8 Å². The van der Waals surface area contributed by atoms with Crippen LogP contribution in [0.3, 0.4) is 0 Å². The summed E-state index contributed by atoms with van der Waals surface area (Å²) in [6.45, 7) is -0.965. The lowest BCUT2D eigenvalue weighted by Gasteiger charge is -2.09. The molecule has 0 spiro atoms. The number of hydrogen-bond donors (Lipinski definition) is 0. The summed E-state index contributed by atoms with van der Waals surface area (Å²) in [6, 6.07) is 0. The van der Waals surface area contributed by atoms with E-state index >= 15 is 0 Å². The van der Waals surface area contributed by atoms with Gasteiger partial charge in [0.1, 0.15) is 6.61 Å².